The van der Waals surface area contributed by atoms with Crippen molar-refractivity contribution < 1.29 is 59.1 Å². The maximum absolute atomic E-state index is 4.55. The van der Waals surface area contributed by atoms with E-state index in [4.69, 9.17) is 0 Å². The molecule has 2 nitrogen and oxygen atoms in total. The molecule has 0 bridgehead atoms. The molecule has 0 fully saturated rings. The summed E-state index contributed by atoms with van der Waals surface area (Å²) in [4.78, 5) is 0. The van der Waals surface area contributed by atoms with Gasteiger partial charge in [0.05, 0.1) is 5.82 Å². The van der Waals surface area contributed by atoms with E-state index >= 15 is 0 Å². The van der Waals surface area contributed by atoms with E-state index in [0.29, 0.717) is 5.82 Å². The standard InChI is InChI=1S/C4H6N2S4.2Na/c1-2(5-3(7)8)6-4(9)10;;/h1H2,(H2,5,7,8)(H2,6,9,10);;/q;2*+1/p-2. The van der Waals surface area contributed by atoms with Crippen molar-refractivity contribution in [2.45, 2.75) is 0 Å². The molecule has 0 aliphatic heterocycles. The molecular weight excluding hydrogens is 250 g/mol. The molecule has 56 valence electrons. The second-order valence-corrected chi connectivity index (χ2v) is 3.45. The quantitative estimate of drug-likeness (QED) is 0.289. The van der Waals surface area contributed by atoms with Crippen LogP contribution < -0.4 is 69.7 Å². The molecule has 0 aromatic carbocycles. The molecule has 2 N–H and O–H groups in total. The monoisotopic (exact) mass is 254 g/mol. The van der Waals surface area contributed by atoms with Crippen LogP contribution in [0.5, 0.6) is 0 Å². The summed E-state index contributed by atoms with van der Waals surface area (Å²) in [6.45, 7) is 3.50. The van der Waals surface area contributed by atoms with Crippen LogP contribution in [-0.2, 0) is 25.3 Å². The molecule has 0 aliphatic carbocycles. The summed E-state index contributed by atoms with van der Waals surface area (Å²) >= 11 is 18.2. The number of hydrogen-bond acceptors (Lipinski definition) is 4. The third kappa shape index (κ3) is 14.5. The average Bonchev–Trinajstić information content (AvgIpc) is 1.58. The Bertz CT molecular complexity index is 166. The van der Waals surface area contributed by atoms with Crippen LogP contribution in [0.15, 0.2) is 12.4 Å². The summed E-state index contributed by atoms with van der Waals surface area (Å²) < 4.78 is 0.424. The summed E-state index contributed by atoms with van der Waals surface area (Å²) in [5.41, 5.74) is 0. The molecule has 0 heterocycles. The molecule has 0 rings (SSSR count). The van der Waals surface area contributed by atoms with Gasteiger partial charge in [-0.25, -0.2) is 0 Å². The van der Waals surface area contributed by atoms with Gasteiger partial charge in [0.2, 0.25) is 0 Å². The Balaban J connectivity index is -0.000000405. The number of rotatable bonds is 2. The van der Waals surface area contributed by atoms with Gasteiger partial charge in [-0.15, -0.1) is 0 Å². The Morgan fingerprint density at radius 3 is 1.42 bits per heavy atom. The minimum atomic E-state index is 0. The molecule has 8 heteroatoms. The smallest absolute Gasteiger partial charge is 0.411 e. The van der Waals surface area contributed by atoms with Crippen LogP contribution in [0.25, 0.3) is 0 Å². The van der Waals surface area contributed by atoms with Crippen LogP contribution in [0.4, 0.5) is 0 Å². The number of nitrogens with one attached hydrogen (secondary N) is 2. The van der Waals surface area contributed by atoms with Crippen molar-refractivity contribution in [2.75, 3.05) is 0 Å². The van der Waals surface area contributed by atoms with E-state index < -0.39 is 0 Å². The van der Waals surface area contributed by atoms with Gasteiger partial charge in [0.25, 0.3) is 0 Å². The molecule has 0 spiro atoms. The average molecular weight is 254 g/mol. The van der Waals surface area contributed by atoms with Crippen molar-refractivity contribution in [2.24, 2.45) is 0 Å². The number of hydrogen-bond donors (Lipinski definition) is 2. The Kier molecular flexibility index (Phi) is 18.0. The first-order chi connectivity index (χ1) is 4.52. The van der Waals surface area contributed by atoms with Crippen LogP contribution in [0, 0.1) is 0 Å². The fourth-order valence-electron chi connectivity index (χ4n) is 0.278. The van der Waals surface area contributed by atoms with Gasteiger partial charge in [-0.2, -0.15) is 0 Å². The van der Waals surface area contributed by atoms with E-state index in [-0.39, 0.29) is 67.8 Å². The molecule has 0 saturated carbocycles. The Hall–Kier alpha value is 1.96. The molecular formula is C4H4N2Na2S4. The van der Waals surface area contributed by atoms with E-state index in [1.54, 1.807) is 0 Å². The zero-order chi connectivity index (χ0) is 8.15. The van der Waals surface area contributed by atoms with Crippen molar-refractivity contribution in [3.8, 4) is 0 Å². The minimum absolute atomic E-state index is 0. The van der Waals surface area contributed by atoms with E-state index in [9.17, 15) is 0 Å². The van der Waals surface area contributed by atoms with Gasteiger partial charge in [0.15, 0.2) is 0 Å². The van der Waals surface area contributed by atoms with Gasteiger partial charge in [-0.1, -0.05) is 15.2 Å². The summed E-state index contributed by atoms with van der Waals surface area (Å²) in [5.74, 6) is 0.417. The summed E-state index contributed by atoms with van der Waals surface area (Å²) in [6.07, 6.45) is 0. The maximum atomic E-state index is 4.55. The normalized spacial score (nSPS) is 6.67. The van der Waals surface area contributed by atoms with E-state index in [1.807, 2.05) is 0 Å². The van der Waals surface area contributed by atoms with Crippen molar-refractivity contribution in [3.05, 3.63) is 12.4 Å². The third-order valence-corrected chi connectivity index (χ3v) is 0.914. The summed E-state index contributed by atoms with van der Waals surface area (Å²) in [5, 5.41) is 5.12. The molecule has 0 atom stereocenters. The van der Waals surface area contributed by atoms with Gasteiger partial charge in [-0.05, 0) is 0 Å². The van der Waals surface area contributed by atoms with Crippen LogP contribution in [0.2, 0.25) is 0 Å². The molecule has 0 amide bonds. The molecule has 0 radical (unpaired) electrons. The van der Waals surface area contributed by atoms with Gasteiger partial charge in [0, 0.05) is 0 Å². The zero-order valence-corrected chi connectivity index (χ0v) is 14.1. The van der Waals surface area contributed by atoms with Gasteiger partial charge in [0.1, 0.15) is 0 Å². The van der Waals surface area contributed by atoms with Gasteiger partial charge >= 0.3 is 59.1 Å². The Morgan fingerprint density at radius 2 is 1.25 bits per heavy atom. The third-order valence-electron chi connectivity index (χ3n) is 0.506. The van der Waals surface area contributed by atoms with Crippen molar-refractivity contribution >= 4 is 58.3 Å². The van der Waals surface area contributed by atoms with Crippen LogP contribution >= 0.6 is 24.4 Å². The van der Waals surface area contributed by atoms with Crippen LogP contribution in [0.1, 0.15) is 0 Å². The topological polar surface area (TPSA) is 24.1 Å². The van der Waals surface area contributed by atoms with Crippen molar-refractivity contribution in [1.29, 1.82) is 0 Å². The first-order valence-corrected chi connectivity index (χ1v) is 3.80. The first-order valence-electron chi connectivity index (χ1n) is 2.17. The second kappa shape index (κ2) is 11.0. The van der Waals surface area contributed by atoms with Crippen LogP contribution in [0.3, 0.4) is 0 Å². The zero-order valence-electron chi connectivity index (χ0n) is 6.84. The fraction of sp³-hybridized carbons (Fsp3) is 0. The van der Waals surface area contributed by atoms with Gasteiger partial charge < -0.3 is 60.3 Å². The largest absolute Gasteiger partial charge is 1.00 e. The van der Waals surface area contributed by atoms with E-state index in [1.165, 1.54) is 0 Å². The molecule has 0 aliphatic rings. The molecule has 0 unspecified atom stereocenters. The fourth-order valence-corrected chi connectivity index (χ4v) is 0.770. The van der Waals surface area contributed by atoms with E-state index in [2.05, 4.69) is 66.9 Å². The summed E-state index contributed by atoms with van der Waals surface area (Å²) in [6, 6.07) is 0. The van der Waals surface area contributed by atoms with Crippen LogP contribution in [-0.4, -0.2) is 8.64 Å². The van der Waals surface area contributed by atoms with E-state index in [0.717, 1.165) is 0 Å². The Labute approximate surface area is 138 Å². The Morgan fingerprint density at radius 1 is 1.00 bits per heavy atom. The first kappa shape index (κ1) is 19.5. The predicted octanol–water partition coefficient (Wildman–Crippen LogP) is -5.69. The second-order valence-electron chi connectivity index (χ2n) is 1.30. The SMILES string of the molecule is C=C(NC(=S)[S-])NC(=S)[S-].[Na+].[Na+]. The molecule has 0 aromatic heterocycles. The van der Waals surface area contributed by atoms with Crippen molar-refractivity contribution in [3.63, 3.8) is 0 Å². The van der Waals surface area contributed by atoms with Crippen molar-refractivity contribution in [1.82, 2.24) is 10.6 Å². The predicted molar refractivity (Wildman–Crippen MR) is 55.3 cm³/mol. The number of thiocarbonyl (C=S) groups is 2. The maximum Gasteiger partial charge on any atom is 1.00 e. The minimum Gasteiger partial charge on any atom is -0.411 e. The summed E-state index contributed by atoms with van der Waals surface area (Å²) in [7, 11) is 0. The molecule has 12 heavy (non-hydrogen) atoms. The molecule has 0 saturated heterocycles. The molecule has 0 aromatic rings. The van der Waals surface area contributed by atoms with Gasteiger partial charge in [-0.3, -0.25) is 0 Å².